The molecule has 0 unspecified atom stereocenters. The van der Waals surface area contributed by atoms with Crippen molar-refractivity contribution in [3.05, 3.63) is 29.8 Å². The molecule has 0 aliphatic rings. The first kappa shape index (κ1) is 19.5. The molecule has 1 rings (SSSR count). The smallest absolute Gasteiger partial charge is 0.303 e. The van der Waals surface area contributed by atoms with Gasteiger partial charge < -0.3 is 9.84 Å². The highest BCUT2D eigenvalue weighted by atomic mass is 16.5. The Morgan fingerprint density at radius 2 is 1.58 bits per heavy atom. The fraction of sp³-hybridized carbons (Fsp3) is 0.471. The van der Waals surface area contributed by atoms with Crippen molar-refractivity contribution in [2.45, 2.75) is 45.4 Å². The Bertz CT molecular complexity index is 576. The maximum Gasteiger partial charge on any atom is 0.303 e. The first-order chi connectivity index (χ1) is 11.2. The van der Waals surface area contributed by atoms with Gasteiger partial charge in [-0.25, -0.2) is 0 Å². The van der Waals surface area contributed by atoms with Crippen molar-refractivity contribution in [3.63, 3.8) is 0 Å². The van der Waals surface area contributed by atoms with Gasteiger partial charge in [0.15, 0.2) is 6.61 Å². The number of carbonyl (C=O) groups excluding carboxylic acids is 2. The van der Waals surface area contributed by atoms with Gasteiger partial charge in [-0.05, 0) is 29.5 Å². The van der Waals surface area contributed by atoms with Crippen LogP contribution >= 0.6 is 0 Å². The standard InChI is InChI=1S/C17H24N2O5/c1-17(2,3)12-7-9-13(10-8-12)24-11-15(21)19-18-14(20)5-4-6-16(22)23/h7-10H,4-6,11H2,1-3H3,(H,18,20)(H,19,21)(H,22,23). The summed E-state index contributed by atoms with van der Waals surface area (Å²) in [5.41, 5.74) is 5.63. The summed E-state index contributed by atoms with van der Waals surface area (Å²) in [5, 5.41) is 8.47. The third kappa shape index (κ3) is 7.62. The van der Waals surface area contributed by atoms with Gasteiger partial charge in [-0.2, -0.15) is 0 Å². The minimum absolute atomic E-state index is 0.0295. The van der Waals surface area contributed by atoms with Crippen LogP contribution in [0, 0.1) is 0 Å². The Morgan fingerprint density at radius 3 is 2.12 bits per heavy atom. The lowest BCUT2D eigenvalue weighted by molar-refractivity contribution is -0.137. The fourth-order valence-corrected chi connectivity index (χ4v) is 1.84. The molecular formula is C17H24N2O5. The van der Waals surface area contributed by atoms with Crippen LogP contribution in [-0.2, 0) is 19.8 Å². The molecule has 2 amide bonds. The summed E-state index contributed by atoms with van der Waals surface area (Å²) in [4.78, 5) is 33.3. The Morgan fingerprint density at radius 1 is 1.00 bits per heavy atom. The first-order valence-electron chi connectivity index (χ1n) is 7.71. The van der Waals surface area contributed by atoms with E-state index in [0.717, 1.165) is 5.56 Å². The van der Waals surface area contributed by atoms with Crippen molar-refractivity contribution in [2.75, 3.05) is 6.61 Å². The van der Waals surface area contributed by atoms with Crippen LogP contribution in [0.1, 0.15) is 45.6 Å². The van der Waals surface area contributed by atoms with E-state index in [9.17, 15) is 14.4 Å². The van der Waals surface area contributed by atoms with Crippen molar-refractivity contribution in [2.24, 2.45) is 0 Å². The number of ether oxygens (including phenoxy) is 1. The Balaban J connectivity index is 2.28. The number of amides is 2. The summed E-state index contributed by atoms with van der Waals surface area (Å²) in [6, 6.07) is 7.46. The van der Waals surface area contributed by atoms with Crippen LogP contribution in [-0.4, -0.2) is 29.5 Å². The zero-order chi connectivity index (χ0) is 18.2. The highest BCUT2D eigenvalue weighted by Gasteiger charge is 2.13. The van der Waals surface area contributed by atoms with Crippen LogP contribution in [0.15, 0.2) is 24.3 Å². The molecule has 0 radical (unpaired) electrons. The van der Waals surface area contributed by atoms with Gasteiger partial charge in [-0.15, -0.1) is 0 Å². The second kappa shape index (κ2) is 8.90. The average molecular weight is 336 g/mol. The lowest BCUT2D eigenvalue weighted by Crippen LogP contribution is -2.43. The molecule has 0 aliphatic heterocycles. The van der Waals surface area contributed by atoms with E-state index in [4.69, 9.17) is 9.84 Å². The molecular weight excluding hydrogens is 312 g/mol. The highest BCUT2D eigenvalue weighted by molar-refractivity contribution is 5.82. The molecule has 7 nitrogen and oxygen atoms in total. The van der Waals surface area contributed by atoms with Crippen molar-refractivity contribution in [1.29, 1.82) is 0 Å². The quantitative estimate of drug-likeness (QED) is 0.658. The zero-order valence-corrected chi connectivity index (χ0v) is 14.2. The molecule has 7 heteroatoms. The highest BCUT2D eigenvalue weighted by Crippen LogP contribution is 2.24. The van der Waals surface area contributed by atoms with E-state index < -0.39 is 17.8 Å². The third-order valence-corrected chi connectivity index (χ3v) is 3.23. The summed E-state index contributed by atoms with van der Waals surface area (Å²) in [7, 11) is 0. The third-order valence-electron chi connectivity index (χ3n) is 3.23. The van der Waals surface area contributed by atoms with Gasteiger partial charge in [0.2, 0.25) is 5.91 Å². The monoisotopic (exact) mass is 336 g/mol. The number of carbonyl (C=O) groups is 3. The van der Waals surface area contributed by atoms with Gasteiger partial charge in [0.25, 0.3) is 5.91 Å². The number of benzene rings is 1. The van der Waals surface area contributed by atoms with Gasteiger partial charge in [-0.1, -0.05) is 32.9 Å². The summed E-state index contributed by atoms with van der Waals surface area (Å²) >= 11 is 0. The second-order valence-electron chi connectivity index (χ2n) is 6.41. The molecule has 3 N–H and O–H groups in total. The molecule has 132 valence electrons. The molecule has 1 aromatic carbocycles. The van der Waals surface area contributed by atoms with Crippen molar-refractivity contribution in [3.8, 4) is 5.75 Å². The van der Waals surface area contributed by atoms with E-state index >= 15 is 0 Å². The number of carboxylic acids is 1. The Labute approximate surface area is 141 Å². The molecule has 1 aromatic rings. The number of carboxylic acid groups (broad SMARTS) is 1. The maximum atomic E-state index is 11.6. The molecule has 0 atom stereocenters. The number of hydrogen-bond donors (Lipinski definition) is 3. The predicted molar refractivity (Wildman–Crippen MR) is 88.4 cm³/mol. The van der Waals surface area contributed by atoms with Gasteiger partial charge in [0.1, 0.15) is 5.75 Å². The molecule has 0 heterocycles. The predicted octanol–water partition coefficient (Wildman–Crippen LogP) is 1.77. The SMILES string of the molecule is CC(C)(C)c1ccc(OCC(=O)NNC(=O)CCCC(=O)O)cc1. The first-order valence-corrected chi connectivity index (χ1v) is 7.71. The van der Waals surface area contributed by atoms with Gasteiger partial charge >= 0.3 is 5.97 Å². The lowest BCUT2D eigenvalue weighted by atomic mass is 9.87. The number of hydrazine groups is 1. The second-order valence-corrected chi connectivity index (χ2v) is 6.41. The van der Waals surface area contributed by atoms with Gasteiger partial charge in [-0.3, -0.25) is 25.2 Å². The Kier molecular flexibility index (Phi) is 7.23. The summed E-state index contributed by atoms with van der Waals surface area (Å²) < 4.78 is 5.34. The normalized spacial score (nSPS) is 10.8. The summed E-state index contributed by atoms with van der Waals surface area (Å²) in [6.07, 6.45) is 0.157. The van der Waals surface area contributed by atoms with E-state index in [1.807, 2.05) is 12.1 Å². The minimum atomic E-state index is -0.960. The summed E-state index contributed by atoms with van der Waals surface area (Å²) in [6.45, 7) is 6.09. The van der Waals surface area contributed by atoms with E-state index in [-0.39, 0.29) is 31.3 Å². The van der Waals surface area contributed by atoms with Crippen molar-refractivity contribution < 1.29 is 24.2 Å². The van der Waals surface area contributed by atoms with Gasteiger partial charge in [0, 0.05) is 12.8 Å². The lowest BCUT2D eigenvalue weighted by Gasteiger charge is -2.19. The van der Waals surface area contributed by atoms with Crippen LogP contribution in [0.25, 0.3) is 0 Å². The van der Waals surface area contributed by atoms with E-state index in [1.54, 1.807) is 12.1 Å². The average Bonchev–Trinajstić information content (AvgIpc) is 2.50. The molecule has 0 saturated carbocycles. The van der Waals surface area contributed by atoms with E-state index in [1.165, 1.54) is 0 Å². The topological polar surface area (TPSA) is 105 Å². The molecule has 0 spiro atoms. The Hall–Kier alpha value is -2.57. The molecule has 24 heavy (non-hydrogen) atoms. The molecule has 0 saturated heterocycles. The largest absolute Gasteiger partial charge is 0.484 e. The summed E-state index contributed by atoms with van der Waals surface area (Å²) in [5.74, 6) is -1.34. The number of rotatable bonds is 7. The number of hydrogen-bond acceptors (Lipinski definition) is 4. The van der Waals surface area contributed by atoms with Gasteiger partial charge in [0.05, 0.1) is 0 Å². The van der Waals surface area contributed by atoms with E-state index in [2.05, 4.69) is 31.6 Å². The van der Waals surface area contributed by atoms with E-state index in [0.29, 0.717) is 5.75 Å². The van der Waals surface area contributed by atoms with Crippen LogP contribution in [0.4, 0.5) is 0 Å². The van der Waals surface area contributed by atoms with Crippen LogP contribution < -0.4 is 15.6 Å². The molecule has 0 aliphatic carbocycles. The number of nitrogens with one attached hydrogen (secondary N) is 2. The van der Waals surface area contributed by atoms with Crippen LogP contribution in [0.5, 0.6) is 5.75 Å². The molecule has 0 aromatic heterocycles. The van der Waals surface area contributed by atoms with Crippen LogP contribution in [0.3, 0.4) is 0 Å². The van der Waals surface area contributed by atoms with Crippen molar-refractivity contribution in [1.82, 2.24) is 10.9 Å². The molecule has 0 fully saturated rings. The fourth-order valence-electron chi connectivity index (χ4n) is 1.84. The minimum Gasteiger partial charge on any atom is -0.484 e. The zero-order valence-electron chi connectivity index (χ0n) is 14.2. The van der Waals surface area contributed by atoms with Crippen LogP contribution in [0.2, 0.25) is 0 Å². The maximum absolute atomic E-state index is 11.6. The number of aliphatic carboxylic acids is 1. The van der Waals surface area contributed by atoms with Crippen molar-refractivity contribution >= 4 is 17.8 Å². The molecule has 0 bridgehead atoms.